The molecule has 18 heavy (non-hydrogen) atoms. The summed E-state index contributed by atoms with van der Waals surface area (Å²) in [6.07, 6.45) is 1.69. The number of nitrogens with two attached hydrogens (primary N) is 1. The summed E-state index contributed by atoms with van der Waals surface area (Å²) in [4.78, 5) is 0.262. The van der Waals surface area contributed by atoms with Gasteiger partial charge < -0.3 is 10.5 Å². The molecule has 1 unspecified atom stereocenters. The van der Waals surface area contributed by atoms with Gasteiger partial charge in [0.05, 0.1) is 11.5 Å². The molecule has 1 aromatic carbocycles. The summed E-state index contributed by atoms with van der Waals surface area (Å²) in [5.41, 5.74) is 6.19. The summed E-state index contributed by atoms with van der Waals surface area (Å²) in [6.45, 7) is 1.35. The highest BCUT2D eigenvalue weighted by Crippen LogP contribution is 2.16. The molecule has 1 saturated heterocycles. The normalized spacial score (nSPS) is 20.8. The molecule has 0 aliphatic carbocycles. The van der Waals surface area contributed by atoms with Crippen LogP contribution in [0.1, 0.15) is 18.4 Å². The molecule has 0 aromatic heterocycles. The molecule has 0 bridgehead atoms. The molecular formula is C12H18N2O3S. The Hall–Kier alpha value is -0.950. The fourth-order valence-electron chi connectivity index (χ4n) is 2.05. The largest absolute Gasteiger partial charge is 0.380 e. The van der Waals surface area contributed by atoms with E-state index in [4.69, 9.17) is 10.5 Å². The smallest absolute Gasteiger partial charge is 0.241 e. The molecule has 1 atom stereocenters. The quantitative estimate of drug-likeness (QED) is 0.839. The highest BCUT2D eigenvalue weighted by Gasteiger charge is 2.23. The van der Waals surface area contributed by atoms with Crippen LogP contribution in [-0.2, 0) is 21.3 Å². The van der Waals surface area contributed by atoms with Gasteiger partial charge in [0.25, 0.3) is 0 Å². The van der Waals surface area contributed by atoms with Crippen molar-refractivity contribution in [3.8, 4) is 0 Å². The Morgan fingerprint density at radius 2 is 2.17 bits per heavy atom. The summed E-state index contributed by atoms with van der Waals surface area (Å²) in [7, 11) is -3.51. The Bertz CT molecular complexity index is 496. The van der Waals surface area contributed by atoms with Gasteiger partial charge >= 0.3 is 0 Å². The first-order valence-electron chi connectivity index (χ1n) is 6.01. The van der Waals surface area contributed by atoms with E-state index in [1.807, 2.05) is 0 Å². The Kier molecular flexibility index (Phi) is 4.34. The second kappa shape index (κ2) is 5.79. The van der Waals surface area contributed by atoms with Crippen LogP contribution in [0.3, 0.4) is 0 Å². The topological polar surface area (TPSA) is 81.4 Å². The molecule has 3 N–H and O–H groups in total. The molecule has 100 valence electrons. The average molecular weight is 270 g/mol. The molecule has 1 fully saturated rings. The van der Waals surface area contributed by atoms with Crippen LogP contribution in [0.5, 0.6) is 0 Å². The lowest BCUT2D eigenvalue weighted by atomic mass is 10.1. The van der Waals surface area contributed by atoms with Crippen LogP contribution in [0.4, 0.5) is 0 Å². The van der Waals surface area contributed by atoms with E-state index in [2.05, 4.69) is 4.72 Å². The third-order valence-electron chi connectivity index (χ3n) is 2.96. The van der Waals surface area contributed by atoms with Gasteiger partial charge in [-0.05, 0) is 24.5 Å². The van der Waals surface area contributed by atoms with Crippen molar-refractivity contribution in [2.75, 3.05) is 13.2 Å². The van der Waals surface area contributed by atoms with E-state index in [1.165, 1.54) is 0 Å². The zero-order chi connectivity index (χ0) is 13.0. The second-order valence-electron chi connectivity index (χ2n) is 4.35. The predicted octanol–water partition coefficient (Wildman–Crippen LogP) is 0.603. The fraction of sp³-hybridized carbons (Fsp3) is 0.500. The van der Waals surface area contributed by atoms with Crippen LogP contribution >= 0.6 is 0 Å². The zero-order valence-corrected chi connectivity index (χ0v) is 10.9. The Labute approximate surface area is 107 Å². The Balaban J connectivity index is 2.19. The molecule has 1 heterocycles. The first-order chi connectivity index (χ1) is 8.63. The van der Waals surface area contributed by atoms with Crippen molar-refractivity contribution in [3.63, 3.8) is 0 Å². The standard InChI is InChI=1S/C12H18N2O3S/c13-8-10-4-1-2-6-12(10)18(15,16)14-11-5-3-7-17-9-11/h1-2,4,6,11,14H,3,5,7-9,13H2. The van der Waals surface area contributed by atoms with E-state index in [1.54, 1.807) is 24.3 Å². The first-order valence-corrected chi connectivity index (χ1v) is 7.50. The van der Waals surface area contributed by atoms with Gasteiger partial charge in [0.2, 0.25) is 10.0 Å². The Morgan fingerprint density at radius 3 is 2.83 bits per heavy atom. The van der Waals surface area contributed by atoms with Crippen LogP contribution in [0.2, 0.25) is 0 Å². The molecule has 1 aromatic rings. The summed E-state index contributed by atoms with van der Waals surface area (Å²) >= 11 is 0. The van der Waals surface area contributed by atoms with Gasteiger partial charge in [-0.3, -0.25) is 0 Å². The SMILES string of the molecule is NCc1ccccc1S(=O)(=O)NC1CCCOC1. The molecule has 0 saturated carbocycles. The molecule has 6 heteroatoms. The van der Waals surface area contributed by atoms with Gasteiger partial charge in [-0.25, -0.2) is 13.1 Å². The third-order valence-corrected chi connectivity index (χ3v) is 4.59. The van der Waals surface area contributed by atoms with E-state index in [9.17, 15) is 8.42 Å². The lowest BCUT2D eigenvalue weighted by Crippen LogP contribution is -2.40. The van der Waals surface area contributed by atoms with E-state index >= 15 is 0 Å². The number of hydrogen-bond donors (Lipinski definition) is 2. The third kappa shape index (κ3) is 3.08. The summed E-state index contributed by atoms with van der Waals surface area (Å²) in [5, 5.41) is 0. The minimum Gasteiger partial charge on any atom is -0.380 e. The maximum absolute atomic E-state index is 12.3. The number of hydrogen-bond acceptors (Lipinski definition) is 4. The maximum Gasteiger partial charge on any atom is 0.241 e. The predicted molar refractivity (Wildman–Crippen MR) is 68.5 cm³/mol. The molecule has 0 amide bonds. The van der Waals surface area contributed by atoms with Crippen LogP contribution < -0.4 is 10.5 Å². The van der Waals surface area contributed by atoms with E-state index in [-0.39, 0.29) is 17.5 Å². The van der Waals surface area contributed by atoms with Crippen LogP contribution in [0, 0.1) is 0 Å². The zero-order valence-electron chi connectivity index (χ0n) is 10.1. The number of rotatable bonds is 4. The molecule has 1 aliphatic rings. The van der Waals surface area contributed by atoms with Gasteiger partial charge in [0, 0.05) is 19.2 Å². The summed E-state index contributed by atoms with van der Waals surface area (Å²) < 4.78 is 32.5. The molecule has 0 spiro atoms. The number of nitrogens with one attached hydrogen (secondary N) is 1. The number of benzene rings is 1. The molecule has 0 radical (unpaired) electrons. The van der Waals surface area contributed by atoms with Crippen molar-refractivity contribution in [3.05, 3.63) is 29.8 Å². The molecule has 1 aliphatic heterocycles. The van der Waals surface area contributed by atoms with Gasteiger partial charge in [-0.15, -0.1) is 0 Å². The van der Waals surface area contributed by atoms with Crippen molar-refractivity contribution < 1.29 is 13.2 Å². The van der Waals surface area contributed by atoms with E-state index in [0.29, 0.717) is 18.8 Å². The number of sulfonamides is 1. The van der Waals surface area contributed by atoms with Crippen molar-refractivity contribution in [2.24, 2.45) is 5.73 Å². The van der Waals surface area contributed by atoms with Crippen LogP contribution in [-0.4, -0.2) is 27.7 Å². The summed E-state index contributed by atoms with van der Waals surface area (Å²) in [5.74, 6) is 0. The minimum atomic E-state index is -3.51. The fourth-order valence-corrected chi connectivity index (χ4v) is 3.56. The van der Waals surface area contributed by atoms with Crippen molar-refractivity contribution >= 4 is 10.0 Å². The van der Waals surface area contributed by atoms with E-state index < -0.39 is 10.0 Å². The number of ether oxygens (including phenoxy) is 1. The van der Waals surface area contributed by atoms with Gasteiger partial charge in [0.15, 0.2) is 0 Å². The highest BCUT2D eigenvalue weighted by atomic mass is 32.2. The van der Waals surface area contributed by atoms with Gasteiger partial charge in [0.1, 0.15) is 0 Å². The van der Waals surface area contributed by atoms with Gasteiger partial charge in [-0.2, -0.15) is 0 Å². The lowest BCUT2D eigenvalue weighted by molar-refractivity contribution is 0.0774. The summed E-state index contributed by atoms with van der Waals surface area (Å²) in [6, 6.07) is 6.64. The average Bonchev–Trinajstić information content (AvgIpc) is 2.39. The van der Waals surface area contributed by atoms with E-state index in [0.717, 1.165) is 12.8 Å². The van der Waals surface area contributed by atoms with Crippen LogP contribution in [0.15, 0.2) is 29.2 Å². The molecule has 2 rings (SSSR count). The van der Waals surface area contributed by atoms with Crippen molar-refractivity contribution in [1.29, 1.82) is 0 Å². The lowest BCUT2D eigenvalue weighted by Gasteiger charge is -2.23. The monoisotopic (exact) mass is 270 g/mol. The second-order valence-corrected chi connectivity index (χ2v) is 6.03. The van der Waals surface area contributed by atoms with Crippen molar-refractivity contribution in [2.45, 2.75) is 30.3 Å². The molecule has 5 nitrogen and oxygen atoms in total. The maximum atomic E-state index is 12.3. The van der Waals surface area contributed by atoms with Gasteiger partial charge in [-0.1, -0.05) is 18.2 Å². The van der Waals surface area contributed by atoms with Crippen molar-refractivity contribution in [1.82, 2.24) is 4.72 Å². The minimum absolute atomic E-state index is 0.144. The Morgan fingerprint density at radius 1 is 1.39 bits per heavy atom. The van der Waals surface area contributed by atoms with Crippen LogP contribution in [0.25, 0.3) is 0 Å². The highest BCUT2D eigenvalue weighted by molar-refractivity contribution is 7.89. The first kappa shape index (κ1) is 13.5. The molecular weight excluding hydrogens is 252 g/mol.